The summed E-state index contributed by atoms with van der Waals surface area (Å²) in [4.78, 5) is 10.6. The molecule has 1 saturated heterocycles. The van der Waals surface area contributed by atoms with Gasteiger partial charge < -0.3 is 9.84 Å². The summed E-state index contributed by atoms with van der Waals surface area (Å²) in [5, 5.41) is 8.67. The third kappa shape index (κ3) is 11.1. The smallest absolute Gasteiger partial charge is 0.335 e. The molecule has 0 amide bonds. The lowest BCUT2D eigenvalue weighted by molar-refractivity contribution is -0.138. The molecule has 3 nitrogen and oxygen atoms in total. The predicted octanol–water partition coefficient (Wildman–Crippen LogP) is 5.65. The van der Waals surface area contributed by atoms with E-state index < -0.39 is 12.1 Å². The Morgan fingerprint density at radius 2 is 1.48 bits per heavy atom. The van der Waals surface area contributed by atoms with Gasteiger partial charge in [-0.3, -0.25) is 0 Å². The molecule has 0 spiro atoms. The van der Waals surface area contributed by atoms with E-state index in [0.29, 0.717) is 0 Å². The van der Waals surface area contributed by atoms with Crippen LogP contribution in [0.3, 0.4) is 0 Å². The van der Waals surface area contributed by atoms with Crippen molar-refractivity contribution in [3.8, 4) is 0 Å². The molecule has 0 saturated carbocycles. The first-order valence-electron chi connectivity index (χ1n) is 9.47. The van der Waals surface area contributed by atoms with E-state index in [1.807, 2.05) is 18.2 Å². The quantitative estimate of drug-likeness (QED) is 0.241. The Morgan fingerprint density at radius 1 is 0.913 bits per heavy atom. The molecule has 1 N–H and O–H groups in total. The largest absolute Gasteiger partial charge is 0.479 e. The molecule has 0 aromatic heterocycles. The van der Waals surface area contributed by atoms with E-state index in [0.717, 1.165) is 6.42 Å². The SMILES string of the molecule is CCCCCCCCCCCCC/C=C/C=C/C1OC1C(=O)O. The predicted molar refractivity (Wildman–Crippen MR) is 95.7 cm³/mol. The molecule has 3 heteroatoms. The topological polar surface area (TPSA) is 49.8 Å². The molecule has 2 unspecified atom stereocenters. The van der Waals surface area contributed by atoms with Crippen molar-refractivity contribution in [2.75, 3.05) is 0 Å². The van der Waals surface area contributed by atoms with E-state index in [-0.39, 0.29) is 6.10 Å². The van der Waals surface area contributed by atoms with Crippen LogP contribution in [-0.2, 0) is 9.53 Å². The molecule has 0 aliphatic carbocycles. The van der Waals surface area contributed by atoms with Gasteiger partial charge in [-0.05, 0) is 12.8 Å². The molecular weight excluding hydrogens is 288 g/mol. The van der Waals surface area contributed by atoms with E-state index in [9.17, 15) is 4.79 Å². The first-order chi connectivity index (χ1) is 11.3. The van der Waals surface area contributed by atoms with Crippen LogP contribution in [0.4, 0.5) is 0 Å². The molecule has 1 aliphatic heterocycles. The molecule has 1 heterocycles. The Morgan fingerprint density at radius 3 is 2.00 bits per heavy atom. The van der Waals surface area contributed by atoms with Crippen LogP contribution in [0, 0.1) is 0 Å². The van der Waals surface area contributed by atoms with E-state index in [2.05, 4.69) is 13.0 Å². The van der Waals surface area contributed by atoms with E-state index in [1.165, 1.54) is 70.6 Å². The zero-order chi connectivity index (χ0) is 16.8. The molecule has 1 fully saturated rings. The highest BCUT2D eigenvalue weighted by molar-refractivity contribution is 5.76. The number of ether oxygens (including phenoxy) is 1. The van der Waals surface area contributed by atoms with Crippen LogP contribution in [0.15, 0.2) is 24.3 Å². The Hall–Kier alpha value is -1.09. The number of carboxylic acid groups (broad SMARTS) is 1. The number of carbonyl (C=O) groups is 1. The van der Waals surface area contributed by atoms with Crippen molar-refractivity contribution in [1.82, 2.24) is 0 Å². The molecule has 0 aromatic rings. The van der Waals surface area contributed by atoms with Gasteiger partial charge in [0.2, 0.25) is 0 Å². The van der Waals surface area contributed by atoms with Crippen molar-refractivity contribution in [1.29, 1.82) is 0 Å². The lowest BCUT2D eigenvalue weighted by atomic mass is 10.1. The van der Waals surface area contributed by atoms with Gasteiger partial charge in [0.05, 0.1) is 0 Å². The summed E-state index contributed by atoms with van der Waals surface area (Å²) < 4.78 is 4.98. The van der Waals surface area contributed by atoms with Crippen molar-refractivity contribution < 1.29 is 14.6 Å². The number of allylic oxidation sites excluding steroid dienone is 3. The minimum atomic E-state index is -0.871. The normalized spacial score (nSPS) is 20.6. The van der Waals surface area contributed by atoms with E-state index in [1.54, 1.807) is 0 Å². The van der Waals surface area contributed by atoms with Crippen LogP contribution < -0.4 is 0 Å². The molecule has 132 valence electrons. The van der Waals surface area contributed by atoms with Crippen molar-refractivity contribution >= 4 is 5.97 Å². The first-order valence-corrected chi connectivity index (χ1v) is 9.47. The maximum Gasteiger partial charge on any atom is 0.335 e. The van der Waals surface area contributed by atoms with Gasteiger partial charge in [0.25, 0.3) is 0 Å². The van der Waals surface area contributed by atoms with Gasteiger partial charge in [-0.25, -0.2) is 4.79 Å². The second-order valence-electron chi connectivity index (χ2n) is 6.50. The van der Waals surface area contributed by atoms with Crippen LogP contribution >= 0.6 is 0 Å². The average Bonchev–Trinajstić information content (AvgIpc) is 3.31. The number of hydrogen-bond donors (Lipinski definition) is 1. The zero-order valence-corrected chi connectivity index (χ0v) is 14.7. The van der Waals surface area contributed by atoms with Gasteiger partial charge in [-0.15, -0.1) is 0 Å². The molecule has 23 heavy (non-hydrogen) atoms. The number of unbranched alkanes of at least 4 members (excludes halogenated alkanes) is 11. The number of hydrogen-bond acceptors (Lipinski definition) is 2. The fourth-order valence-corrected chi connectivity index (χ4v) is 2.74. The van der Waals surface area contributed by atoms with Crippen molar-refractivity contribution in [2.45, 2.75) is 96.2 Å². The Balaban J connectivity index is 1.79. The highest BCUT2D eigenvalue weighted by Gasteiger charge is 2.43. The molecule has 1 rings (SSSR count). The Kier molecular flexibility index (Phi) is 11.6. The summed E-state index contributed by atoms with van der Waals surface area (Å²) >= 11 is 0. The standard InChI is InChI=1S/C20H34O3/c1-2-3-4-5-6-7-8-9-10-11-12-13-14-15-16-17-18-19(23-18)20(21)22/h14-19H,2-13H2,1H3,(H,21,22)/b15-14+,17-16+. The minimum Gasteiger partial charge on any atom is -0.479 e. The fraction of sp³-hybridized carbons (Fsp3) is 0.750. The van der Waals surface area contributed by atoms with E-state index in [4.69, 9.17) is 9.84 Å². The van der Waals surface area contributed by atoms with Crippen LogP contribution in [0.2, 0.25) is 0 Å². The zero-order valence-electron chi connectivity index (χ0n) is 14.7. The highest BCUT2D eigenvalue weighted by atomic mass is 16.6. The lowest BCUT2D eigenvalue weighted by Crippen LogP contribution is -2.06. The summed E-state index contributed by atoms with van der Waals surface area (Å²) in [6.07, 6.45) is 23.2. The van der Waals surface area contributed by atoms with Gasteiger partial charge >= 0.3 is 5.97 Å². The summed E-state index contributed by atoms with van der Waals surface area (Å²) in [5.41, 5.74) is 0. The lowest BCUT2D eigenvalue weighted by Gasteiger charge is -2.01. The Bertz CT molecular complexity index is 360. The fourth-order valence-electron chi connectivity index (χ4n) is 2.74. The highest BCUT2D eigenvalue weighted by Crippen LogP contribution is 2.23. The summed E-state index contributed by atoms with van der Waals surface area (Å²) in [6, 6.07) is 0. The maximum absolute atomic E-state index is 10.6. The van der Waals surface area contributed by atoms with Crippen LogP contribution in [-0.4, -0.2) is 23.3 Å². The maximum atomic E-state index is 10.6. The first kappa shape index (κ1) is 20.0. The summed E-state index contributed by atoms with van der Waals surface area (Å²) in [6.45, 7) is 2.27. The van der Waals surface area contributed by atoms with Crippen molar-refractivity contribution in [3.63, 3.8) is 0 Å². The Labute approximate surface area is 141 Å². The van der Waals surface area contributed by atoms with E-state index >= 15 is 0 Å². The molecular formula is C20H34O3. The monoisotopic (exact) mass is 322 g/mol. The number of rotatable bonds is 15. The van der Waals surface area contributed by atoms with Gasteiger partial charge in [0.1, 0.15) is 6.10 Å². The number of epoxide rings is 1. The summed E-state index contributed by atoms with van der Waals surface area (Å²) in [5.74, 6) is -0.871. The van der Waals surface area contributed by atoms with Gasteiger partial charge in [-0.1, -0.05) is 95.4 Å². The molecule has 0 aromatic carbocycles. The van der Waals surface area contributed by atoms with Crippen LogP contribution in [0.1, 0.15) is 84.0 Å². The second-order valence-corrected chi connectivity index (χ2v) is 6.50. The third-order valence-corrected chi connectivity index (χ3v) is 4.29. The minimum absolute atomic E-state index is 0.223. The van der Waals surface area contributed by atoms with Gasteiger partial charge in [-0.2, -0.15) is 0 Å². The van der Waals surface area contributed by atoms with Crippen molar-refractivity contribution in [2.24, 2.45) is 0 Å². The number of carboxylic acids is 1. The second kappa shape index (κ2) is 13.4. The average molecular weight is 322 g/mol. The van der Waals surface area contributed by atoms with Gasteiger partial charge in [0.15, 0.2) is 6.10 Å². The van der Waals surface area contributed by atoms with Crippen LogP contribution in [0.5, 0.6) is 0 Å². The molecule has 1 aliphatic rings. The molecule has 0 radical (unpaired) electrons. The summed E-state index contributed by atoms with van der Waals surface area (Å²) in [7, 11) is 0. The molecule has 2 atom stereocenters. The number of aliphatic carboxylic acids is 1. The molecule has 0 bridgehead atoms. The van der Waals surface area contributed by atoms with Crippen LogP contribution in [0.25, 0.3) is 0 Å². The van der Waals surface area contributed by atoms with Gasteiger partial charge in [0, 0.05) is 0 Å². The third-order valence-electron chi connectivity index (χ3n) is 4.29. The van der Waals surface area contributed by atoms with Crippen molar-refractivity contribution in [3.05, 3.63) is 24.3 Å².